The number of anilines is 1. The van der Waals surface area contributed by atoms with Crippen LogP contribution < -0.4 is 5.32 Å². The Labute approximate surface area is 124 Å². The third-order valence-corrected chi connectivity index (χ3v) is 4.30. The molecular formula is C17H19NO3. The predicted octanol–water partition coefficient (Wildman–Crippen LogP) is 3.01. The van der Waals surface area contributed by atoms with E-state index in [-0.39, 0.29) is 11.8 Å². The second-order valence-corrected chi connectivity index (χ2v) is 5.64. The molecule has 1 aromatic carbocycles. The van der Waals surface area contributed by atoms with Crippen molar-refractivity contribution in [3.63, 3.8) is 0 Å². The average Bonchev–Trinajstić information content (AvgIpc) is 3.10. The van der Waals surface area contributed by atoms with Gasteiger partial charge in [-0.2, -0.15) is 0 Å². The molecule has 1 aromatic rings. The van der Waals surface area contributed by atoms with Gasteiger partial charge < -0.3 is 10.1 Å². The van der Waals surface area contributed by atoms with Gasteiger partial charge in [-0.3, -0.25) is 4.79 Å². The Kier molecular flexibility index (Phi) is 3.78. The molecule has 110 valence electrons. The molecule has 0 radical (unpaired) electrons. The van der Waals surface area contributed by atoms with E-state index in [0.717, 1.165) is 12.8 Å². The monoisotopic (exact) mass is 285 g/mol. The molecule has 3 rings (SSSR count). The van der Waals surface area contributed by atoms with Crippen molar-refractivity contribution in [2.24, 2.45) is 17.8 Å². The van der Waals surface area contributed by atoms with E-state index < -0.39 is 5.97 Å². The van der Waals surface area contributed by atoms with E-state index in [0.29, 0.717) is 29.7 Å². The highest BCUT2D eigenvalue weighted by Gasteiger charge is 2.39. The summed E-state index contributed by atoms with van der Waals surface area (Å²) in [7, 11) is 0. The molecule has 1 N–H and O–H groups in total. The number of fused-ring (bicyclic) bond motifs is 2. The number of carbonyl (C=O) groups excluding carboxylic acids is 2. The molecule has 3 atom stereocenters. The maximum absolute atomic E-state index is 12.4. The third kappa shape index (κ3) is 2.71. The molecule has 2 bridgehead atoms. The SMILES string of the molecule is CCOC(=O)c1ccccc1NC(=O)C1CC2C=CC1C2. The summed E-state index contributed by atoms with van der Waals surface area (Å²) in [6.07, 6.45) is 6.35. The average molecular weight is 285 g/mol. The first-order valence-electron chi connectivity index (χ1n) is 7.44. The van der Waals surface area contributed by atoms with Crippen LogP contribution in [-0.2, 0) is 9.53 Å². The molecule has 0 heterocycles. The molecule has 3 unspecified atom stereocenters. The van der Waals surface area contributed by atoms with Gasteiger partial charge in [0.2, 0.25) is 5.91 Å². The summed E-state index contributed by atoms with van der Waals surface area (Å²) in [6.45, 7) is 2.08. The van der Waals surface area contributed by atoms with Crippen molar-refractivity contribution in [3.8, 4) is 0 Å². The minimum absolute atomic E-state index is 0.00333. The van der Waals surface area contributed by atoms with Crippen molar-refractivity contribution in [1.82, 2.24) is 0 Å². The first-order chi connectivity index (χ1) is 10.2. The Morgan fingerprint density at radius 3 is 2.71 bits per heavy atom. The van der Waals surface area contributed by atoms with Crippen LogP contribution in [0.5, 0.6) is 0 Å². The zero-order chi connectivity index (χ0) is 14.8. The molecule has 0 aliphatic heterocycles. The zero-order valence-electron chi connectivity index (χ0n) is 12.0. The minimum Gasteiger partial charge on any atom is -0.462 e. The predicted molar refractivity (Wildman–Crippen MR) is 79.9 cm³/mol. The number of hydrogen-bond donors (Lipinski definition) is 1. The first kappa shape index (κ1) is 13.9. The van der Waals surface area contributed by atoms with Gasteiger partial charge in [-0.25, -0.2) is 4.79 Å². The normalized spacial score (nSPS) is 25.9. The standard InChI is InChI=1S/C17H19NO3/c1-2-21-17(20)13-5-3-4-6-15(13)18-16(19)14-10-11-7-8-12(14)9-11/h3-8,11-12,14H,2,9-10H2,1H3,(H,18,19). The van der Waals surface area contributed by atoms with Gasteiger partial charge in [0, 0.05) is 5.92 Å². The van der Waals surface area contributed by atoms with Gasteiger partial charge >= 0.3 is 5.97 Å². The molecule has 2 aliphatic carbocycles. The van der Waals surface area contributed by atoms with E-state index in [1.165, 1.54) is 0 Å². The highest BCUT2D eigenvalue weighted by atomic mass is 16.5. The molecule has 4 nitrogen and oxygen atoms in total. The van der Waals surface area contributed by atoms with Crippen LogP contribution in [-0.4, -0.2) is 18.5 Å². The second-order valence-electron chi connectivity index (χ2n) is 5.64. The van der Waals surface area contributed by atoms with Gasteiger partial charge in [-0.05, 0) is 43.7 Å². The van der Waals surface area contributed by atoms with E-state index in [1.54, 1.807) is 31.2 Å². The van der Waals surface area contributed by atoms with Crippen molar-refractivity contribution in [3.05, 3.63) is 42.0 Å². The van der Waals surface area contributed by atoms with Gasteiger partial charge in [0.15, 0.2) is 0 Å². The Bertz CT molecular complexity index is 593. The fraction of sp³-hybridized carbons (Fsp3) is 0.412. The minimum atomic E-state index is -0.402. The molecule has 21 heavy (non-hydrogen) atoms. The number of ether oxygens (including phenoxy) is 1. The summed E-state index contributed by atoms with van der Waals surface area (Å²) in [6, 6.07) is 6.99. The number of allylic oxidation sites excluding steroid dienone is 2. The quantitative estimate of drug-likeness (QED) is 0.683. The number of amides is 1. The number of esters is 1. The largest absolute Gasteiger partial charge is 0.462 e. The first-order valence-corrected chi connectivity index (χ1v) is 7.44. The van der Waals surface area contributed by atoms with Gasteiger partial charge in [0.05, 0.1) is 17.9 Å². The number of nitrogens with one attached hydrogen (secondary N) is 1. The Balaban J connectivity index is 1.74. The van der Waals surface area contributed by atoms with Crippen LogP contribution in [0.2, 0.25) is 0 Å². The third-order valence-electron chi connectivity index (χ3n) is 4.30. The maximum atomic E-state index is 12.4. The number of hydrogen-bond acceptors (Lipinski definition) is 3. The number of para-hydroxylation sites is 1. The van der Waals surface area contributed by atoms with E-state index in [1.807, 2.05) is 0 Å². The second kappa shape index (κ2) is 5.72. The lowest BCUT2D eigenvalue weighted by atomic mass is 9.92. The summed E-state index contributed by atoms with van der Waals surface area (Å²) in [4.78, 5) is 24.4. The van der Waals surface area contributed by atoms with Crippen LogP contribution in [0.25, 0.3) is 0 Å². The Hall–Kier alpha value is -2.10. The summed E-state index contributed by atoms with van der Waals surface area (Å²) in [5, 5.41) is 2.90. The Morgan fingerprint density at radius 2 is 2.05 bits per heavy atom. The van der Waals surface area contributed by atoms with Crippen LogP contribution in [0.3, 0.4) is 0 Å². The van der Waals surface area contributed by atoms with Crippen LogP contribution in [0, 0.1) is 17.8 Å². The Morgan fingerprint density at radius 1 is 1.24 bits per heavy atom. The number of carbonyl (C=O) groups is 2. The van der Waals surface area contributed by atoms with Crippen LogP contribution in [0.4, 0.5) is 5.69 Å². The zero-order valence-corrected chi connectivity index (χ0v) is 12.0. The molecule has 0 aromatic heterocycles. The van der Waals surface area contributed by atoms with E-state index in [9.17, 15) is 9.59 Å². The molecule has 1 saturated carbocycles. The lowest BCUT2D eigenvalue weighted by molar-refractivity contribution is -0.120. The van der Waals surface area contributed by atoms with E-state index in [2.05, 4.69) is 17.5 Å². The molecule has 0 saturated heterocycles. The summed E-state index contributed by atoms with van der Waals surface area (Å²) < 4.78 is 5.02. The van der Waals surface area contributed by atoms with Crippen LogP contribution >= 0.6 is 0 Å². The molecule has 1 fully saturated rings. The van der Waals surface area contributed by atoms with Crippen LogP contribution in [0.1, 0.15) is 30.1 Å². The van der Waals surface area contributed by atoms with Gasteiger partial charge in [-0.15, -0.1) is 0 Å². The molecule has 4 heteroatoms. The topological polar surface area (TPSA) is 55.4 Å². The maximum Gasteiger partial charge on any atom is 0.340 e. The van der Waals surface area contributed by atoms with Crippen molar-refractivity contribution >= 4 is 17.6 Å². The number of benzene rings is 1. The smallest absolute Gasteiger partial charge is 0.340 e. The van der Waals surface area contributed by atoms with E-state index in [4.69, 9.17) is 4.74 Å². The van der Waals surface area contributed by atoms with Crippen molar-refractivity contribution in [2.75, 3.05) is 11.9 Å². The molecular weight excluding hydrogens is 266 g/mol. The van der Waals surface area contributed by atoms with Crippen LogP contribution in [0.15, 0.2) is 36.4 Å². The number of rotatable bonds is 4. The molecule has 0 spiro atoms. The lowest BCUT2D eigenvalue weighted by Gasteiger charge is -2.18. The highest BCUT2D eigenvalue weighted by molar-refractivity contribution is 6.02. The summed E-state index contributed by atoms with van der Waals surface area (Å²) >= 11 is 0. The van der Waals surface area contributed by atoms with Crippen molar-refractivity contribution in [2.45, 2.75) is 19.8 Å². The van der Waals surface area contributed by atoms with Gasteiger partial charge in [0.1, 0.15) is 0 Å². The highest BCUT2D eigenvalue weighted by Crippen LogP contribution is 2.43. The summed E-state index contributed by atoms with van der Waals surface area (Å²) in [5.41, 5.74) is 0.944. The fourth-order valence-corrected chi connectivity index (χ4v) is 3.29. The van der Waals surface area contributed by atoms with Crippen molar-refractivity contribution in [1.29, 1.82) is 0 Å². The van der Waals surface area contributed by atoms with E-state index >= 15 is 0 Å². The van der Waals surface area contributed by atoms with Crippen molar-refractivity contribution < 1.29 is 14.3 Å². The summed E-state index contributed by atoms with van der Waals surface area (Å²) in [5.74, 6) is 0.524. The van der Waals surface area contributed by atoms with Gasteiger partial charge in [0.25, 0.3) is 0 Å². The molecule has 1 amide bonds. The van der Waals surface area contributed by atoms with Gasteiger partial charge in [-0.1, -0.05) is 24.3 Å². The lowest BCUT2D eigenvalue weighted by Crippen LogP contribution is -2.26. The molecule has 2 aliphatic rings. The fourth-order valence-electron chi connectivity index (χ4n) is 3.29.